The van der Waals surface area contributed by atoms with E-state index in [0.717, 1.165) is 13.1 Å². The molecule has 0 saturated carbocycles. The van der Waals surface area contributed by atoms with Crippen molar-refractivity contribution in [2.24, 2.45) is 0 Å². The van der Waals surface area contributed by atoms with Gasteiger partial charge in [0.1, 0.15) is 0 Å². The Hall–Kier alpha value is -1.28. The van der Waals surface area contributed by atoms with E-state index in [1.54, 1.807) is 0 Å². The number of likely N-dealkylation sites (N-methyl/N-ethyl adjacent to an activating group) is 2. The van der Waals surface area contributed by atoms with E-state index in [-0.39, 0.29) is 0 Å². The van der Waals surface area contributed by atoms with Crippen LogP contribution in [0.3, 0.4) is 0 Å². The molecule has 1 rings (SSSR count). The quantitative estimate of drug-likeness (QED) is 0.811. The van der Waals surface area contributed by atoms with E-state index in [2.05, 4.69) is 74.4 Å². The van der Waals surface area contributed by atoms with E-state index in [4.69, 9.17) is 0 Å². The van der Waals surface area contributed by atoms with Crippen LogP contribution in [0, 0.1) is 0 Å². The molecule has 0 spiro atoms. The Bertz CT molecular complexity index is 343. The molecular weight excluding hydrogens is 208 g/mol. The molecule has 0 aromatic heterocycles. The first-order valence-electron chi connectivity index (χ1n) is 6.33. The summed E-state index contributed by atoms with van der Waals surface area (Å²) in [5, 5.41) is 3.45. The van der Waals surface area contributed by atoms with E-state index in [0.29, 0.717) is 6.04 Å². The third-order valence-electron chi connectivity index (χ3n) is 2.95. The van der Waals surface area contributed by atoms with E-state index < -0.39 is 0 Å². The topological polar surface area (TPSA) is 15.3 Å². The van der Waals surface area contributed by atoms with Crippen molar-refractivity contribution < 1.29 is 0 Å². The Morgan fingerprint density at radius 1 is 1.35 bits per heavy atom. The van der Waals surface area contributed by atoms with Gasteiger partial charge in [-0.3, -0.25) is 0 Å². The lowest BCUT2D eigenvalue weighted by atomic mass is 10.1. The fraction of sp³-hybridized carbons (Fsp3) is 0.467. The molecule has 1 unspecified atom stereocenters. The molecule has 2 nitrogen and oxygen atoms in total. The van der Waals surface area contributed by atoms with Crippen LogP contribution in [0.2, 0.25) is 0 Å². The second-order valence-corrected chi connectivity index (χ2v) is 4.33. The van der Waals surface area contributed by atoms with Crippen LogP contribution in [0.4, 0.5) is 0 Å². The summed E-state index contributed by atoms with van der Waals surface area (Å²) in [6.07, 6.45) is 2.19. The number of allylic oxidation sites excluding steroid dienone is 1. The van der Waals surface area contributed by atoms with Gasteiger partial charge in [-0.05, 0) is 26.0 Å². The summed E-state index contributed by atoms with van der Waals surface area (Å²) in [5.74, 6) is 0. The number of hydrogen-bond donors (Lipinski definition) is 1. The SMILES string of the molecule is CC=C(C(C)NCC)N(C)Cc1ccccc1. The van der Waals surface area contributed by atoms with Gasteiger partial charge >= 0.3 is 0 Å². The molecule has 1 aromatic rings. The molecule has 0 amide bonds. The first kappa shape index (κ1) is 13.8. The van der Waals surface area contributed by atoms with E-state index in [1.807, 2.05) is 0 Å². The lowest BCUT2D eigenvalue weighted by molar-refractivity contribution is 0.366. The maximum atomic E-state index is 3.45. The zero-order valence-corrected chi connectivity index (χ0v) is 11.4. The molecular formula is C15H24N2. The monoisotopic (exact) mass is 232 g/mol. The van der Waals surface area contributed by atoms with Gasteiger partial charge in [0.2, 0.25) is 0 Å². The molecule has 0 heterocycles. The smallest absolute Gasteiger partial charge is 0.0439 e. The summed E-state index contributed by atoms with van der Waals surface area (Å²) in [5.41, 5.74) is 2.69. The highest BCUT2D eigenvalue weighted by molar-refractivity contribution is 5.17. The summed E-state index contributed by atoms with van der Waals surface area (Å²) >= 11 is 0. The van der Waals surface area contributed by atoms with Crippen LogP contribution in [-0.2, 0) is 6.54 Å². The second kappa shape index (κ2) is 7.13. The minimum Gasteiger partial charge on any atom is -0.373 e. The largest absolute Gasteiger partial charge is 0.373 e. The van der Waals surface area contributed by atoms with Crippen molar-refractivity contribution in [1.82, 2.24) is 10.2 Å². The van der Waals surface area contributed by atoms with Gasteiger partial charge in [0, 0.05) is 25.3 Å². The highest BCUT2D eigenvalue weighted by Crippen LogP contribution is 2.12. The predicted molar refractivity (Wildman–Crippen MR) is 74.8 cm³/mol. The van der Waals surface area contributed by atoms with Gasteiger partial charge in [-0.15, -0.1) is 0 Å². The van der Waals surface area contributed by atoms with Gasteiger partial charge in [0.05, 0.1) is 0 Å². The van der Waals surface area contributed by atoms with Gasteiger partial charge < -0.3 is 10.2 Å². The van der Waals surface area contributed by atoms with Gasteiger partial charge in [-0.25, -0.2) is 0 Å². The van der Waals surface area contributed by atoms with Crippen molar-refractivity contribution in [3.63, 3.8) is 0 Å². The Balaban J connectivity index is 2.65. The molecule has 1 atom stereocenters. The first-order chi connectivity index (χ1) is 8.19. The molecule has 1 aromatic carbocycles. The molecule has 0 bridgehead atoms. The average Bonchev–Trinajstić information content (AvgIpc) is 2.31. The van der Waals surface area contributed by atoms with Crippen LogP contribution in [0.25, 0.3) is 0 Å². The number of nitrogens with one attached hydrogen (secondary N) is 1. The number of rotatable bonds is 6. The molecule has 94 valence electrons. The maximum Gasteiger partial charge on any atom is 0.0439 e. The number of hydrogen-bond acceptors (Lipinski definition) is 2. The maximum absolute atomic E-state index is 3.45. The van der Waals surface area contributed by atoms with Crippen LogP contribution < -0.4 is 5.32 Å². The normalized spacial score (nSPS) is 13.5. The summed E-state index contributed by atoms with van der Waals surface area (Å²) in [7, 11) is 2.15. The fourth-order valence-corrected chi connectivity index (χ4v) is 2.16. The first-order valence-corrected chi connectivity index (χ1v) is 6.33. The molecule has 0 aliphatic heterocycles. The van der Waals surface area contributed by atoms with Crippen LogP contribution in [0.1, 0.15) is 26.3 Å². The molecule has 0 aliphatic carbocycles. The van der Waals surface area contributed by atoms with Crippen molar-refractivity contribution in [1.29, 1.82) is 0 Å². The molecule has 0 fully saturated rings. The van der Waals surface area contributed by atoms with Crippen molar-refractivity contribution >= 4 is 0 Å². The Labute approximate surface area is 105 Å². The van der Waals surface area contributed by atoms with Gasteiger partial charge in [0.25, 0.3) is 0 Å². The van der Waals surface area contributed by atoms with Gasteiger partial charge in [-0.1, -0.05) is 43.3 Å². The third kappa shape index (κ3) is 4.23. The molecule has 17 heavy (non-hydrogen) atoms. The van der Waals surface area contributed by atoms with Crippen molar-refractivity contribution in [2.75, 3.05) is 13.6 Å². The summed E-state index contributed by atoms with van der Waals surface area (Å²) < 4.78 is 0. The molecule has 1 N–H and O–H groups in total. The van der Waals surface area contributed by atoms with E-state index in [9.17, 15) is 0 Å². The lowest BCUT2D eigenvalue weighted by Gasteiger charge is -2.27. The van der Waals surface area contributed by atoms with Gasteiger partial charge in [-0.2, -0.15) is 0 Å². The minimum atomic E-state index is 0.402. The Morgan fingerprint density at radius 3 is 2.53 bits per heavy atom. The number of benzene rings is 1. The Morgan fingerprint density at radius 2 is 2.00 bits per heavy atom. The molecule has 0 radical (unpaired) electrons. The Kier molecular flexibility index (Phi) is 5.78. The lowest BCUT2D eigenvalue weighted by Crippen LogP contribution is -2.34. The zero-order valence-electron chi connectivity index (χ0n) is 11.4. The van der Waals surface area contributed by atoms with Crippen molar-refractivity contribution in [3.8, 4) is 0 Å². The van der Waals surface area contributed by atoms with Crippen molar-refractivity contribution in [2.45, 2.75) is 33.4 Å². The third-order valence-corrected chi connectivity index (χ3v) is 2.95. The van der Waals surface area contributed by atoms with Gasteiger partial charge in [0.15, 0.2) is 0 Å². The average molecular weight is 232 g/mol. The van der Waals surface area contributed by atoms with E-state index >= 15 is 0 Å². The number of nitrogens with zero attached hydrogens (tertiary/aromatic N) is 1. The highest BCUT2D eigenvalue weighted by atomic mass is 15.1. The van der Waals surface area contributed by atoms with Crippen LogP contribution in [0.15, 0.2) is 42.1 Å². The molecule has 2 heteroatoms. The summed E-state index contributed by atoms with van der Waals surface area (Å²) in [4.78, 5) is 2.31. The second-order valence-electron chi connectivity index (χ2n) is 4.33. The standard InChI is InChI=1S/C15H24N2/c1-5-15(13(3)16-6-2)17(4)12-14-10-8-7-9-11-14/h5,7-11,13,16H,6,12H2,1-4H3. The van der Waals surface area contributed by atoms with Crippen LogP contribution >= 0.6 is 0 Å². The summed E-state index contributed by atoms with van der Waals surface area (Å²) in [6.45, 7) is 8.40. The van der Waals surface area contributed by atoms with E-state index in [1.165, 1.54) is 11.3 Å². The predicted octanol–water partition coefficient (Wildman–Crippen LogP) is 3.02. The highest BCUT2D eigenvalue weighted by Gasteiger charge is 2.11. The zero-order chi connectivity index (χ0) is 12.7. The molecule has 0 saturated heterocycles. The molecule has 0 aliphatic rings. The van der Waals surface area contributed by atoms with Crippen LogP contribution in [0.5, 0.6) is 0 Å². The minimum absolute atomic E-state index is 0.402. The summed E-state index contributed by atoms with van der Waals surface area (Å²) in [6, 6.07) is 11.0. The van der Waals surface area contributed by atoms with Crippen LogP contribution in [-0.4, -0.2) is 24.5 Å². The fourth-order valence-electron chi connectivity index (χ4n) is 2.16. The van der Waals surface area contributed by atoms with Crippen molar-refractivity contribution in [3.05, 3.63) is 47.7 Å².